The minimum atomic E-state index is 0.488. The Morgan fingerprint density at radius 1 is 1.38 bits per heavy atom. The molecular formula is C17H26N2O2. The van der Waals surface area contributed by atoms with Crippen molar-refractivity contribution in [2.24, 2.45) is 0 Å². The smallest absolute Gasteiger partial charge is 0.161 e. The number of rotatable bonds is 6. The van der Waals surface area contributed by atoms with Gasteiger partial charge < -0.3 is 14.8 Å². The third kappa shape index (κ3) is 4.22. The van der Waals surface area contributed by atoms with E-state index in [1.807, 2.05) is 6.07 Å². The van der Waals surface area contributed by atoms with Gasteiger partial charge in [0.1, 0.15) is 6.61 Å². The lowest BCUT2D eigenvalue weighted by Gasteiger charge is -2.37. The number of hydrogen-bond acceptors (Lipinski definition) is 4. The predicted molar refractivity (Wildman–Crippen MR) is 86.0 cm³/mol. The van der Waals surface area contributed by atoms with Crippen molar-refractivity contribution >= 4 is 0 Å². The molecule has 0 bridgehead atoms. The van der Waals surface area contributed by atoms with Crippen molar-refractivity contribution in [1.82, 2.24) is 10.2 Å². The highest BCUT2D eigenvalue weighted by molar-refractivity contribution is 5.43. The van der Waals surface area contributed by atoms with E-state index in [0.717, 1.165) is 31.1 Å². The second-order valence-electron chi connectivity index (χ2n) is 5.67. The summed E-state index contributed by atoms with van der Waals surface area (Å²) >= 11 is 0. The highest BCUT2D eigenvalue weighted by Crippen LogP contribution is 2.29. The number of ether oxygens (including phenoxy) is 2. The van der Waals surface area contributed by atoms with E-state index in [0.29, 0.717) is 18.7 Å². The molecule has 2 unspecified atom stereocenters. The van der Waals surface area contributed by atoms with Gasteiger partial charge >= 0.3 is 0 Å². The van der Waals surface area contributed by atoms with Gasteiger partial charge in [0.15, 0.2) is 11.5 Å². The summed E-state index contributed by atoms with van der Waals surface area (Å²) in [4.78, 5) is 2.50. The van der Waals surface area contributed by atoms with Crippen LogP contribution in [0.3, 0.4) is 0 Å². The van der Waals surface area contributed by atoms with E-state index in [9.17, 15) is 0 Å². The molecule has 1 aliphatic heterocycles. The maximum Gasteiger partial charge on any atom is 0.161 e. The molecule has 4 heteroatoms. The number of hydrogen-bond donors (Lipinski definition) is 1. The van der Waals surface area contributed by atoms with E-state index in [-0.39, 0.29) is 0 Å². The third-order valence-corrected chi connectivity index (χ3v) is 3.86. The van der Waals surface area contributed by atoms with Crippen LogP contribution < -0.4 is 14.8 Å². The monoisotopic (exact) mass is 290 g/mol. The predicted octanol–water partition coefficient (Wildman–Crippen LogP) is 2.44. The Morgan fingerprint density at radius 3 is 2.90 bits per heavy atom. The van der Waals surface area contributed by atoms with Crippen LogP contribution in [-0.4, -0.2) is 43.8 Å². The lowest BCUT2D eigenvalue weighted by atomic mass is 10.1. The minimum Gasteiger partial charge on any atom is -0.493 e. The molecule has 1 heterocycles. The van der Waals surface area contributed by atoms with E-state index in [4.69, 9.17) is 9.47 Å². The van der Waals surface area contributed by atoms with Gasteiger partial charge in [0.25, 0.3) is 0 Å². The zero-order chi connectivity index (χ0) is 15.2. The van der Waals surface area contributed by atoms with Crippen molar-refractivity contribution in [1.29, 1.82) is 0 Å². The minimum absolute atomic E-state index is 0.488. The molecule has 1 saturated heterocycles. The Kier molecular flexibility index (Phi) is 5.65. The summed E-state index contributed by atoms with van der Waals surface area (Å²) in [6, 6.07) is 7.24. The van der Waals surface area contributed by atoms with Crippen LogP contribution in [0.15, 0.2) is 30.9 Å². The fourth-order valence-electron chi connectivity index (χ4n) is 2.63. The Bertz CT molecular complexity index is 476. The molecule has 0 radical (unpaired) electrons. The summed E-state index contributed by atoms with van der Waals surface area (Å²) < 4.78 is 11.0. The largest absolute Gasteiger partial charge is 0.493 e. The molecule has 0 saturated carbocycles. The lowest BCUT2D eigenvalue weighted by molar-refractivity contribution is 0.138. The molecule has 0 aromatic heterocycles. The quantitative estimate of drug-likeness (QED) is 0.816. The SMILES string of the molecule is C=CCOc1ccc(CN2CC(C)NCC2C)cc1OC. The zero-order valence-electron chi connectivity index (χ0n) is 13.3. The van der Waals surface area contributed by atoms with E-state index >= 15 is 0 Å². The summed E-state index contributed by atoms with van der Waals surface area (Å²) in [5, 5.41) is 3.51. The highest BCUT2D eigenvalue weighted by Gasteiger charge is 2.22. The van der Waals surface area contributed by atoms with Gasteiger partial charge in [0, 0.05) is 31.7 Å². The van der Waals surface area contributed by atoms with Crippen LogP contribution in [-0.2, 0) is 6.54 Å². The number of methoxy groups -OCH3 is 1. The fraction of sp³-hybridized carbons (Fsp3) is 0.529. The van der Waals surface area contributed by atoms with Crippen molar-refractivity contribution in [2.75, 3.05) is 26.8 Å². The number of benzene rings is 1. The Morgan fingerprint density at radius 2 is 2.19 bits per heavy atom. The van der Waals surface area contributed by atoms with Gasteiger partial charge in [-0.15, -0.1) is 0 Å². The van der Waals surface area contributed by atoms with Crippen molar-refractivity contribution in [3.8, 4) is 11.5 Å². The van der Waals surface area contributed by atoms with Gasteiger partial charge in [-0.25, -0.2) is 0 Å². The van der Waals surface area contributed by atoms with E-state index in [1.165, 1.54) is 5.56 Å². The molecule has 1 aromatic carbocycles. The second-order valence-corrected chi connectivity index (χ2v) is 5.67. The van der Waals surface area contributed by atoms with Crippen LogP contribution in [0, 0.1) is 0 Å². The van der Waals surface area contributed by atoms with Crippen LogP contribution in [0.5, 0.6) is 11.5 Å². The topological polar surface area (TPSA) is 33.7 Å². The molecule has 4 nitrogen and oxygen atoms in total. The van der Waals surface area contributed by atoms with Gasteiger partial charge in [0.05, 0.1) is 7.11 Å². The molecule has 2 rings (SSSR count). The Balaban J connectivity index is 2.07. The molecule has 1 fully saturated rings. The maximum absolute atomic E-state index is 5.59. The standard InChI is InChI=1S/C17H26N2O2/c1-5-8-21-16-7-6-15(9-17(16)20-4)12-19-11-13(2)18-10-14(19)3/h5-7,9,13-14,18H,1,8,10-12H2,2-4H3. The average Bonchev–Trinajstić information content (AvgIpc) is 2.49. The van der Waals surface area contributed by atoms with Crippen molar-refractivity contribution in [3.05, 3.63) is 36.4 Å². The number of nitrogens with zero attached hydrogens (tertiary/aromatic N) is 1. The summed E-state index contributed by atoms with van der Waals surface area (Å²) in [6.45, 7) is 11.7. The van der Waals surface area contributed by atoms with Crippen LogP contribution in [0.25, 0.3) is 0 Å². The summed E-state index contributed by atoms with van der Waals surface area (Å²) in [7, 11) is 1.68. The van der Waals surface area contributed by atoms with E-state index in [1.54, 1.807) is 13.2 Å². The van der Waals surface area contributed by atoms with Gasteiger partial charge in [-0.3, -0.25) is 4.90 Å². The zero-order valence-corrected chi connectivity index (χ0v) is 13.3. The number of piperazine rings is 1. The van der Waals surface area contributed by atoms with Crippen molar-refractivity contribution < 1.29 is 9.47 Å². The van der Waals surface area contributed by atoms with E-state index in [2.05, 4.69) is 42.8 Å². The normalized spacial score (nSPS) is 22.8. The summed E-state index contributed by atoms with van der Waals surface area (Å²) in [5.41, 5.74) is 1.25. The number of nitrogens with one attached hydrogen (secondary N) is 1. The molecule has 21 heavy (non-hydrogen) atoms. The second kappa shape index (κ2) is 7.48. The van der Waals surface area contributed by atoms with Gasteiger partial charge in [-0.2, -0.15) is 0 Å². The van der Waals surface area contributed by atoms with Crippen LogP contribution in [0.1, 0.15) is 19.4 Å². The summed E-state index contributed by atoms with van der Waals surface area (Å²) in [6.07, 6.45) is 1.73. The molecule has 116 valence electrons. The molecule has 0 aliphatic carbocycles. The first-order valence-corrected chi connectivity index (χ1v) is 7.52. The first-order valence-electron chi connectivity index (χ1n) is 7.52. The molecule has 1 aliphatic rings. The van der Waals surface area contributed by atoms with Crippen molar-refractivity contribution in [2.45, 2.75) is 32.5 Å². The van der Waals surface area contributed by atoms with Crippen LogP contribution in [0.2, 0.25) is 0 Å². The van der Waals surface area contributed by atoms with Gasteiger partial charge in [0.2, 0.25) is 0 Å². The highest BCUT2D eigenvalue weighted by atomic mass is 16.5. The molecular weight excluding hydrogens is 264 g/mol. The fourth-order valence-corrected chi connectivity index (χ4v) is 2.63. The molecule has 1 aromatic rings. The molecule has 1 N–H and O–H groups in total. The van der Waals surface area contributed by atoms with Gasteiger partial charge in [-0.05, 0) is 31.5 Å². The third-order valence-electron chi connectivity index (χ3n) is 3.86. The first-order chi connectivity index (χ1) is 10.1. The first kappa shape index (κ1) is 15.9. The van der Waals surface area contributed by atoms with Crippen LogP contribution >= 0.6 is 0 Å². The Labute approximate surface area is 127 Å². The van der Waals surface area contributed by atoms with E-state index < -0.39 is 0 Å². The lowest BCUT2D eigenvalue weighted by Crippen LogP contribution is -2.53. The maximum atomic E-state index is 5.59. The van der Waals surface area contributed by atoms with Crippen LogP contribution in [0.4, 0.5) is 0 Å². The molecule has 2 atom stereocenters. The van der Waals surface area contributed by atoms with Gasteiger partial charge in [-0.1, -0.05) is 18.7 Å². The average molecular weight is 290 g/mol. The molecule has 0 amide bonds. The molecule has 0 spiro atoms. The van der Waals surface area contributed by atoms with Crippen molar-refractivity contribution in [3.63, 3.8) is 0 Å². The summed E-state index contributed by atoms with van der Waals surface area (Å²) in [5.74, 6) is 1.55. The Hall–Kier alpha value is -1.52.